The van der Waals surface area contributed by atoms with Crippen molar-refractivity contribution >= 4 is 22.4 Å². The number of rotatable bonds is 6. The first kappa shape index (κ1) is 11.5. The molecule has 0 aliphatic heterocycles. The third kappa shape index (κ3) is 2.24. The van der Waals surface area contributed by atoms with Crippen molar-refractivity contribution in [1.29, 1.82) is 0 Å². The highest BCUT2D eigenvalue weighted by Gasteiger charge is 2.40. The third-order valence-electron chi connectivity index (χ3n) is 3.29. The van der Waals surface area contributed by atoms with E-state index < -0.39 is 0 Å². The summed E-state index contributed by atoms with van der Waals surface area (Å²) in [7, 11) is 0. The molecule has 0 saturated heterocycles. The van der Waals surface area contributed by atoms with E-state index in [0.717, 1.165) is 17.3 Å². The molecule has 0 radical (unpaired) electrons. The fourth-order valence-electron chi connectivity index (χ4n) is 1.79. The van der Waals surface area contributed by atoms with Gasteiger partial charge in [-0.15, -0.1) is 0 Å². The van der Waals surface area contributed by atoms with Crippen molar-refractivity contribution in [2.45, 2.75) is 33.1 Å². The van der Waals surface area contributed by atoms with Crippen LogP contribution in [0.4, 0.5) is 10.8 Å². The second-order valence-corrected chi connectivity index (χ2v) is 5.14. The minimum atomic E-state index is 0.496. The summed E-state index contributed by atoms with van der Waals surface area (Å²) in [5.74, 6) is 1.22. The average Bonchev–Trinajstić information content (AvgIpc) is 3.00. The Bertz CT molecular complexity index is 360. The molecule has 0 bridgehead atoms. The first-order valence-electron chi connectivity index (χ1n) is 5.82. The van der Waals surface area contributed by atoms with Crippen molar-refractivity contribution in [3.05, 3.63) is 0 Å². The Morgan fingerprint density at radius 3 is 2.81 bits per heavy atom. The SMILES string of the molecule is CCOc1c(N)nsc1NCC1(CC)CC1. The van der Waals surface area contributed by atoms with Crippen molar-refractivity contribution in [1.82, 2.24) is 4.37 Å². The maximum Gasteiger partial charge on any atom is 0.197 e. The fourth-order valence-corrected chi connectivity index (χ4v) is 2.45. The number of nitrogens with zero attached hydrogens (tertiary/aromatic N) is 1. The standard InChI is InChI=1S/C11H19N3OS/c1-3-11(5-6-11)7-13-10-8(15-4-2)9(12)14-16-10/h13H,3-7H2,1-2H3,(H2,12,14). The molecular formula is C11H19N3OS. The van der Waals surface area contributed by atoms with E-state index in [0.29, 0.717) is 17.8 Å². The van der Waals surface area contributed by atoms with E-state index in [1.54, 1.807) is 0 Å². The van der Waals surface area contributed by atoms with Crippen LogP contribution >= 0.6 is 11.5 Å². The van der Waals surface area contributed by atoms with Crippen LogP contribution in [-0.2, 0) is 0 Å². The lowest BCUT2D eigenvalue weighted by Gasteiger charge is -2.14. The van der Waals surface area contributed by atoms with Crippen LogP contribution in [0.2, 0.25) is 0 Å². The molecule has 16 heavy (non-hydrogen) atoms. The van der Waals surface area contributed by atoms with Crippen LogP contribution in [0.25, 0.3) is 0 Å². The number of aromatic nitrogens is 1. The molecule has 4 nitrogen and oxygen atoms in total. The molecule has 1 fully saturated rings. The quantitative estimate of drug-likeness (QED) is 0.804. The van der Waals surface area contributed by atoms with Crippen LogP contribution in [-0.4, -0.2) is 17.5 Å². The Labute approximate surface area is 100 Å². The van der Waals surface area contributed by atoms with Crippen molar-refractivity contribution < 1.29 is 4.74 Å². The Morgan fingerprint density at radius 1 is 1.50 bits per heavy atom. The minimum Gasteiger partial charge on any atom is -0.487 e. The molecule has 0 amide bonds. The van der Waals surface area contributed by atoms with E-state index in [9.17, 15) is 0 Å². The molecule has 1 aromatic rings. The molecule has 1 saturated carbocycles. The molecule has 2 rings (SSSR count). The van der Waals surface area contributed by atoms with Gasteiger partial charge >= 0.3 is 0 Å². The largest absolute Gasteiger partial charge is 0.487 e. The highest BCUT2D eigenvalue weighted by molar-refractivity contribution is 7.11. The van der Waals surface area contributed by atoms with Crippen molar-refractivity contribution in [3.63, 3.8) is 0 Å². The lowest BCUT2D eigenvalue weighted by Crippen LogP contribution is -2.14. The molecule has 5 heteroatoms. The number of anilines is 2. The lowest BCUT2D eigenvalue weighted by atomic mass is 10.0. The lowest BCUT2D eigenvalue weighted by molar-refractivity contribution is 0.344. The minimum absolute atomic E-state index is 0.496. The number of nitrogens with one attached hydrogen (secondary N) is 1. The molecular weight excluding hydrogens is 222 g/mol. The number of hydrogen-bond acceptors (Lipinski definition) is 5. The summed E-state index contributed by atoms with van der Waals surface area (Å²) in [6.07, 6.45) is 3.89. The van der Waals surface area contributed by atoms with E-state index in [4.69, 9.17) is 10.5 Å². The summed E-state index contributed by atoms with van der Waals surface area (Å²) >= 11 is 1.38. The molecule has 0 atom stereocenters. The van der Waals surface area contributed by atoms with Gasteiger partial charge in [0.15, 0.2) is 16.6 Å². The summed E-state index contributed by atoms with van der Waals surface area (Å²) in [5.41, 5.74) is 6.27. The molecule has 1 heterocycles. The van der Waals surface area contributed by atoms with Gasteiger partial charge in [-0.25, -0.2) is 0 Å². The zero-order valence-corrected chi connectivity index (χ0v) is 10.7. The number of ether oxygens (including phenoxy) is 1. The molecule has 1 aliphatic rings. The fraction of sp³-hybridized carbons (Fsp3) is 0.727. The number of hydrogen-bond donors (Lipinski definition) is 2. The van der Waals surface area contributed by atoms with Crippen LogP contribution in [0.15, 0.2) is 0 Å². The molecule has 3 N–H and O–H groups in total. The Morgan fingerprint density at radius 2 is 2.25 bits per heavy atom. The van der Waals surface area contributed by atoms with Gasteiger partial charge in [-0.05, 0) is 43.1 Å². The Hall–Kier alpha value is -0.970. The van der Waals surface area contributed by atoms with Gasteiger partial charge < -0.3 is 15.8 Å². The highest BCUT2D eigenvalue weighted by Crippen LogP contribution is 2.49. The zero-order valence-electron chi connectivity index (χ0n) is 9.88. The van der Waals surface area contributed by atoms with Gasteiger partial charge in [-0.3, -0.25) is 0 Å². The normalized spacial score (nSPS) is 17.1. The van der Waals surface area contributed by atoms with Gasteiger partial charge in [0.25, 0.3) is 0 Å². The number of nitrogen functional groups attached to an aromatic ring is 1. The molecule has 0 spiro atoms. The van der Waals surface area contributed by atoms with Gasteiger partial charge in [0.05, 0.1) is 6.61 Å². The summed E-state index contributed by atoms with van der Waals surface area (Å²) < 4.78 is 9.60. The maximum absolute atomic E-state index is 5.75. The van der Waals surface area contributed by atoms with Crippen molar-refractivity contribution in [2.24, 2.45) is 5.41 Å². The van der Waals surface area contributed by atoms with Gasteiger partial charge in [-0.1, -0.05) is 6.92 Å². The smallest absolute Gasteiger partial charge is 0.197 e. The molecule has 1 aliphatic carbocycles. The molecule has 1 aromatic heterocycles. The maximum atomic E-state index is 5.75. The second kappa shape index (κ2) is 4.49. The first-order valence-corrected chi connectivity index (χ1v) is 6.60. The molecule has 90 valence electrons. The average molecular weight is 241 g/mol. The first-order chi connectivity index (χ1) is 7.71. The monoisotopic (exact) mass is 241 g/mol. The van der Waals surface area contributed by atoms with Crippen LogP contribution in [0.1, 0.15) is 33.1 Å². The Kier molecular flexibility index (Phi) is 3.23. The predicted molar refractivity (Wildman–Crippen MR) is 68.1 cm³/mol. The number of nitrogens with two attached hydrogens (primary N) is 1. The van der Waals surface area contributed by atoms with Gasteiger partial charge in [0, 0.05) is 6.54 Å². The zero-order chi connectivity index (χ0) is 11.6. The van der Waals surface area contributed by atoms with Crippen LogP contribution < -0.4 is 15.8 Å². The van der Waals surface area contributed by atoms with Crippen LogP contribution in [0, 0.1) is 5.41 Å². The molecule has 0 aromatic carbocycles. The van der Waals surface area contributed by atoms with E-state index in [2.05, 4.69) is 16.6 Å². The van der Waals surface area contributed by atoms with E-state index in [-0.39, 0.29) is 0 Å². The second-order valence-electron chi connectivity index (χ2n) is 4.37. The highest BCUT2D eigenvalue weighted by atomic mass is 32.1. The van der Waals surface area contributed by atoms with E-state index in [1.807, 2.05) is 6.92 Å². The summed E-state index contributed by atoms with van der Waals surface area (Å²) in [6.45, 7) is 5.83. The summed E-state index contributed by atoms with van der Waals surface area (Å²) in [5, 5.41) is 4.39. The van der Waals surface area contributed by atoms with E-state index >= 15 is 0 Å². The van der Waals surface area contributed by atoms with Crippen LogP contribution in [0.3, 0.4) is 0 Å². The summed E-state index contributed by atoms with van der Waals surface area (Å²) in [6, 6.07) is 0. The predicted octanol–water partition coefficient (Wildman–Crippen LogP) is 2.73. The van der Waals surface area contributed by atoms with Gasteiger partial charge in [-0.2, -0.15) is 4.37 Å². The van der Waals surface area contributed by atoms with Crippen molar-refractivity contribution in [3.8, 4) is 5.75 Å². The summed E-state index contributed by atoms with van der Waals surface area (Å²) in [4.78, 5) is 0. The van der Waals surface area contributed by atoms with Crippen LogP contribution in [0.5, 0.6) is 5.75 Å². The van der Waals surface area contributed by atoms with E-state index in [1.165, 1.54) is 30.8 Å². The Balaban J connectivity index is 1.98. The third-order valence-corrected chi connectivity index (χ3v) is 4.09. The molecule has 0 unspecified atom stereocenters. The van der Waals surface area contributed by atoms with Crippen molar-refractivity contribution in [2.75, 3.05) is 24.2 Å². The topological polar surface area (TPSA) is 60.2 Å². The van der Waals surface area contributed by atoms with Gasteiger partial charge in [0.2, 0.25) is 0 Å². The van der Waals surface area contributed by atoms with Gasteiger partial charge in [0.1, 0.15) is 0 Å².